The van der Waals surface area contributed by atoms with Gasteiger partial charge in [0.25, 0.3) is 5.91 Å². The molecule has 3 saturated heterocycles. The summed E-state index contributed by atoms with van der Waals surface area (Å²) in [5.41, 5.74) is -0.209. The smallest absolute Gasteiger partial charge is 0.257 e. The molecule has 4 heterocycles. The Kier molecular flexibility index (Phi) is 4.56. The largest absolute Gasteiger partial charge is 0.392 e. The van der Waals surface area contributed by atoms with Crippen molar-refractivity contribution in [1.29, 1.82) is 0 Å². The van der Waals surface area contributed by atoms with Gasteiger partial charge in [0.1, 0.15) is 5.82 Å². The zero-order valence-electron chi connectivity index (χ0n) is 15.0. The van der Waals surface area contributed by atoms with Crippen LogP contribution in [-0.4, -0.2) is 65.6 Å². The van der Waals surface area contributed by atoms with Crippen LogP contribution in [0.3, 0.4) is 0 Å². The van der Waals surface area contributed by atoms with Crippen molar-refractivity contribution in [2.45, 2.75) is 38.2 Å². The molecule has 2 amide bonds. The van der Waals surface area contributed by atoms with E-state index in [1.807, 2.05) is 15.9 Å². The minimum Gasteiger partial charge on any atom is -0.392 e. The first kappa shape index (κ1) is 17.3. The second kappa shape index (κ2) is 6.87. The van der Waals surface area contributed by atoms with Crippen molar-refractivity contribution >= 4 is 17.6 Å². The molecule has 2 atom stereocenters. The summed E-state index contributed by atoms with van der Waals surface area (Å²) in [5, 5.41) is 13.5. The number of aliphatic hydroxyl groups is 1. The highest BCUT2D eigenvalue weighted by molar-refractivity contribution is 5.99. The van der Waals surface area contributed by atoms with Crippen molar-refractivity contribution in [3.05, 3.63) is 23.9 Å². The number of likely N-dealkylation sites (tertiary alicyclic amines) is 1. The fourth-order valence-electron chi connectivity index (χ4n) is 4.53. The first-order chi connectivity index (χ1) is 12.6. The number of rotatable bonds is 2. The summed E-state index contributed by atoms with van der Waals surface area (Å²) in [5.74, 6) is 0.567. The second-order valence-electron chi connectivity index (χ2n) is 7.62. The van der Waals surface area contributed by atoms with Gasteiger partial charge in [0.05, 0.1) is 17.1 Å². The van der Waals surface area contributed by atoms with Gasteiger partial charge in [-0.1, -0.05) is 0 Å². The molecule has 0 aromatic carbocycles. The molecule has 7 nitrogen and oxygen atoms in total. The van der Waals surface area contributed by atoms with Crippen molar-refractivity contribution in [2.75, 3.05) is 37.6 Å². The van der Waals surface area contributed by atoms with Crippen LogP contribution in [-0.2, 0) is 4.79 Å². The highest BCUT2D eigenvalue weighted by atomic mass is 16.3. The number of piperidine rings is 2. The molecule has 0 radical (unpaired) electrons. The van der Waals surface area contributed by atoms with Crippen molar-refractivity contribution in [3.8, 4) is 0 Å². The third-order valence-electron chi connectivity index (χ3n) is 6.03. The van der Waals surface area contributed by atoms with E-state index in [-0.39, 0.29) is 11.8 Å². The maximum Gasteiger partial charge on any atom is 0.257 e. The Morgan fingerprint density at radius 1 is 1.27 bits per heavy atom. The molecule has 3 aliphatic heterocycles. The molecule has 26 heavy (non-hydrogen) atoms. The van der Waals surface area contributed by atoms with E-state index >= 15 is 0 Å². The molecular weight excluding hydrogens is 332 g/mol. The Balaban J connectivity index is 1.63. The van der Waals surface area contributed by atoms with Gasteiger partial charge in [0, 0.05) is 38.9 Å². The molecule has 3 fully saturated rings. The molecular formula is C19H26N4O3. The standard InChI is InChI=1S/C19H26N4O3/c24-15-6-12-23(13-19(15)7-4-9-21-18(19)26)16-14(5-3-8-20-16)17(25)22-10-1-2-11-22/h3,5,8,15,24H,1-2,4,6-7,9-13H2,(H,21,26)/t15-,19+/m0/s1. The Hall–Kier alpha value is -2.15. The van der Waals surface area contributed by atoms with Crippen LogP contribution < -0.4 is 10.2 Å². The zero-order chi connectivity index (χ0) is 18.1. The molecule has 1 aromatic heterocycles. The van der Waals surface area contributed by atoms with E-state index in [0.29, 0.717) is 43.9 Å². The summed E-state index contributed by atoms with van der Waals surface area (Å²) >= 11 is 0. The highest BCUT2D eigenvalue weighted by Crippen LogP contribution is 2.39. The van der Waals surface area contributed by atoms with Gasteiger partial charge < -0.3 is 20.2 Å². The Labute approximate surface area is 153 Å². The third-order valence-corrected chi connectivity index (χ3v) is 6.03. The number of aromatic nitrogens is 1. The van der Waals surface area contributed by atoms with Crippen LogP contribution in [0.4, 0.5) is 5.82 Å². The number of hydrogen-bond acceptors (Lipinski definition) is 5. The van der Waals surface area contributed by atoms with Gasteiger partial charge in [0.15, 0.2) is 0 Å². The van der Waals surface area contributed by atoms with Crippen LogP contribution in [0.25, 0.3) is 0 Å². The number of amides is 2. The van der Waals surface area contributed by atoms with Crippen LogP contribution in [0.1, 0.15) is 42.5 Å². The topological polar surface area (TPSA) is 85.8 Å². The summed E-state index contributed by atoms with van der Waals surface area (Å²) in [7, 11) is 0. The highest BCUT2D eigenvalue weighted by Gasteiger charge is 2.50. The maximum absolute atomic E-state index is 12.9. The minimum absolute atomic E-state index is 0.0128. The lowest BCUT2D eigenvalue weighted by molar-refractivity contribution is -0.142. The number of aliphatic hydroxyl groups excluding tert-OH is 1. The lowest BCUT2D eigenvalue weighted by Gasteiger charge is -2.47. The number of nitrogens with zero attached hydrogens (tertiary/aromatic N) is 3. The summed E-state index contributed by atoms with van der Waals surface area (Å²) in [6.45, 7) is 3.23. The van der Waals surface area contributed by atoms with E-state index < -0.39 is 11.5 Å². The number of anilines is 1. The monoisotopic (exact) mass is 358 g/mol. The van der Waals surface area contributed by atoms with E-state index in [9.17, 15) is 14.7 Å². The number of nitrogens with one attached hydrogen (secondary N) is 1. The molecule has 0 saturated carbocycles. The number of pyridine rings is 1. The molecule has 140 valence electrons. The molecule has 3 aliphatic rings. The summed E-state index contributed by atoms with van der Waals surface area (Å²) < 4.78 is 0. The van der Waals surface area contributed by atoms with Crippen LogP contribution >= 0.6 is 0 Å². The van der Waals surface area contributed by atoms with Crippen LogP contribution in [0, 0.1) is 5.41 Å². The normalized spacial score (nSPS) is 29.1. The maximum atomic E-state index is 12.9. The fraction of sp³-hybridized carbons (Fsp3) is 0.632. The van der Waals surface area contributed by atoms with Crippen molar-refractivity contribution < 1.29 is 14.7 Å². The van der Waals surface area contributed by atoms with E-state index in [1.54, 1.807) is 12.3 Å². The quantitative estimate of drug-likeness (QED) is 0.816. The minimum atomic E-state index is -0.804. The average Bonchev–Trinajstić information content (AvgIpc) is 3.20. The second-order valence-corrected chi connectivity index (χ2v) is 7.62. The van der Waals surface area contributed by atoms with Gasteiger partial charge in [-0.25, -0.2) is 4.98 Å². The van der Waals surface area contributed by atoms with Crippen molar-refractivity contribution in [3.63, 3.8) is 0 Å². The van der Waals surface area contributed by atoms with Crippen molar-refractivity contribution in [2.24, 2.45) is 5.41 Å². The first-order valence-corrected chi connectivity index (χ1v) is 9.57. The zero-order valence-corrected chi connectivity index (χ0v) is 15.0. The molecule has 1 spiro atoms. The SMILES string of the molecule is O=C(c1cccnc1N1CC[C@H](O)[C@@]2(CCCNC2=O)C1)N1CCCC1. The molecule has 0 unspecified atom stereocenters. The number of carbonyl (C=O) groups is 2. The fourth-order valence-corrected chi connectivity index (χ4v) is 4.53. The van der Waals surface area contributed by atoms with Crippen LogP contribution in [0.5, 0.6) is 0 Å². The van der Waals surface area contributed by atoms with E-state index in [2.05, 4.69) is 10.3 Å². The summed E-state index contributed by atoms with van der Waals surface area (Å²) in [4.78, 5) is 33.9. The van der Waals surface area contributed by atoms with Gasteiger partial charge in [-0.3, -0.25) is 9.59 Å². The van der Waals surface area contributed by atoms with E-state index in [1.165, 1.54) is 0 Å². The predicted molar refractivity (Wildman–Crippen MR) is 96.9 cm³/mol. The Morgan fingerprint density at radius 3 is 2.85 bits per heavy atom. The molecule has 0 bridgehead atoms. The van der Waals surface area contributed by atoms with Gasteiger partial charge >= 0.3 is 0 Å². The van der Waals surface area contributed by atoms with Crippen molar-refractivity contribution in [1.82, 2.24) is 15.2 Å². The van der Waals surface area contributed by atoms with Crippen LogP contribution in [0.2, 0.25) is 0 Å². The molecule has 1 aromatic rings. The summed E-state index contributed by atoms with van der Waals surface area (Å²) in [6.07, 6.45) is 5.15. The third kappa shape index (κ3) is 2.84. The molecule has 4 rings (SSSR count). The van der Waals surface area contributed by atoms with Gasteiger partial charge in [-0.05, 0) is 44.2 Å². The van der Waals surface area contributed by atoms with E-state index in [4.69, 9.17) is 0 Å². The van der Waals surface area contributed by atoms with Crippen LogP contribution in [0.15, 0.2) is 18.3 Å². The Bertz CT molecular complexity index is 704. The lowest BCUT2D eigenvalue weighted by atomic mass is 9.71. The Morgan fingerprint density at radius 2 is 2.08 bits per heavy atom. The lowest BCUT2D eigenvalue weighted by Crippen LogP contribution is -2.61. The number of hydrogen-bond donors (Lipinski definition) is 2. The summed E-state index contributed by atoms with van der Waals surface area (Å²) in [6, 6.07) is 3.61. The van der Waals surface area contributed by atoms with Gasteiger partial charge in [0.2, 0.25) is 5.91 Å². The number of carbonyl (C=O) groups excluding carboxylic acids is 2. The molecule has 2 N–H and O–H groups in total. The van der Waals surface area contributed by atoms with E-state index in [0.717, 1.165) is 32.4 Å². The predicted octanol–water partition coefficient (Wildman–Crippen LogP) is 0.785. The van der Waals surface area contributed by atoms with Gasteiger partial charge in [-0.2, -0.15) is 0 Å². The van der Waals surface area contributed by atoms with Gasteiger partial charge in [-0.15, -0.1) is 0 Å². The molecule has 0 aliphatic carbocycles. The average molecular weight is 358 g/mol. The first-order valence-electron chi connectivity index (χ1n) is 9.57. The molecule has 7 heteroatoms.